The zero-order valence-electron chi connectivity index (χ0n) is 11.3. The van der Waals surface area contributed by atoms with Crippen molar-refractivity contribution in [3.05, 3.63) is 35.9 Å². The molecule has 1 aromatic rings. The molecule has 1 aliphatic heterocycles. The first-order chi connectivity index (χ1) is 9.24. The highest BCUT2D eigenvalue weighted by molar-refractivity contribution is 5.87. The number of hydrogen-bond donors (Lipinski definition) is 1. The normalized spacial score (nSPS) is 18.3. The molecule has 0 spiro atoms. The van der Waals surface area contributed by atoms with E-state index in [1.165, 1.54) is 6.08 Å². The quantitative estimate of drug-likeness (QED) is 0.851. The predicted octanol–water partition coefficient (Wildman–Crippen LogP) is 2.60. The summed E-state index contributed by atoms with van der Waals surface area (Å²) in [5.41, 5.74) is 1.01. The van der Waals surface area contributed by atoms with Gasteiger partial charge in [0.05, 0.1) is 19.8 Å². The van der Waals surface area contributed by atoms with Crippen LogP contribution in [-0.4, -0.2) is 19.6 Å². The van der Waals surface area contributed by atoms with Crippen LogP contribution in [0.15, 0.2) is 30.4 Å². The van der Waals surface area contributed by atoms with Crippen LogP contribution in [0.4, 0.5) is 0 Å². The predicted molar refractivity (Wildman–Crippen MR) is 73.4 cm³/mol. The maximum Gasteiger partial charge on any atom is 0.244 e. The molecule has 1 N–H and O–H groups in total. The van der Waals surface area contributed by atoms with Gasteiger partial charge in [-0.3, -0.25) is 4.79 Å². The molecule has 102 valence electrons. The van der Waals surface area contributed by atoms with Crippen LogP contribution < -0.4 is 14.8 Å². The Morgan fingerprint density at radius 1 is 1.53 bits per heavy atom. The van der Waals surface area contributed by atoms with E-state index in [4.69, 9.17) is 9.47 Å². The van der Waals surface area contributed by atoms with Crippen LogP contribution in [0.2, 0.25) is 0 Å². The number of ether oxygens (including phenoxy) is 2. The number of carbonyl (C=O) groups excluding carboxylic acids is 1. The van der Waals surface area contributed by atoms with Gasteiger partial charge in [0.2, 0.25) is 5.91 Å². The topological polar surface area (TPSA) is 47.6 Å². The molecule has 0 bridgehead atoms. The number of carbonyl (C=O) groups is 1. The molecule has 1 atom stereocenters. The van der Waals surface area contributed by atoms with Gasteiger partial charge in [-0.05, 0) is 38.0 Å². The standard InChI is InChI=1S/C15H19NO3/c1-3-5-15(17)16-13-6-4-9-19-14-10-11(18-2)7-8-12(13)14/h3,5,7-8,10,13H,4,6,9H2,1-2H3,(H,16,17)/b5-3+. The Hall–Kier alpha value is -1.97. The van der Waals surface area contributed by atoms with Crippen LogP contribution in [0.1, 0.15) is 31.4 Å². The lowest BCUT2D eigenvalue weighted by atomic mass is 10.0. The molecule has 1 amide bonds. The Morgan fingerprint density at radius 2 is 2.37 bits per heavy atom. The molecule has 1 aromatic carbocycles. The summed E-state index contributed by atoms with van der Waals surface area (Å²) in [6, 6.07) is 5.71. The highest BCUT2D eigenvalue weighted by atomic mass is 16.5. The lowest BCUT2D eigenvalue weighted by molar-refractivity contribution is -0.117. The third-order valence-corrected chi connectivity index (χ3v) is 3.13. The molecule has 0 aliphatic carbocycles. The zero-order chi connectivity index (χ0) is 13.7. The first-order valence-electron chi connectivity index (χ1n) is 6.48. The van der Waals surface area contributed by atoms with Crippen LogP contribution in [0.25, 0.3) is 0 Å². The number of rotatable bonds is 3. The molecule has 0 fully saturated rings. The van der Waals surface area contributed by atoms with Gasteiger partial charge in [0.15, 0.2) is 0 Å². The van der Waals surface area contributed by atoms with Crippen LogP contribution >= 0.6 is 0 Å². The van der Waals surface area contributed by atoms with E-state index >= 15 is 0 Å². The lowest BCUT2D eigenvalue weighted by Gasteiger charge is -2.18. The number of nitrogens with one attached hydrogen (secondary N) is 1. The molecule has 0 saturated carbocycles. The summed E-state index contributed by atoms with van der Waals surface area (Å²) >= 11 is 0. The average molecular weight is 261 g/mol. The fourth-order valence-electron chi connectivity index (χ4n) is 2.20. The molecule has 19 heavy (non-hydrogen) atoms. The SMILES string of the molecule is C/C=C/C(=O)NC1CCCOc2cc(OC)ccc21. The second-order valence-corrected chi connectivity index (χ2v) is 4.46. The Bertz CT molecular complexity index is 482. The van der Waals surface area contributed by atoms with Crippen LogP contribution in [0.5, 0.6) is 11.5 Å². The van der Waals surface area contributed by atoms with Gasteiger partial charge in [-0.2, -0.15) is 0 Å². The van der Waals surface area contributed by atoms with E-state index in [9.17, 15) is 4.79 Å². The van der Waals surface area contributed by atoms with Crippen molar-refractivity contribution in [3.8, 4) is 11.5 Å². The molecule has 1 heterocycles. The monoisotopic (exact) mass is 261 g/mol. The van der Waals surface area contributed by atoms with Crippen LogP contribution in [0.3, 0.4) is 0 Å². The molecule has 4 heteroatoms. The minimum atomic E-state index is -0.0730. The summed E-state index contributed by atoms with van der Waals surface area (Å²) in [4.78, 5) is 11.7. The first kappa shape index (κ1) is 13.5. The maximum atomic E-state index is 11.7. The van der Waals surface area contributed by atoms with E-state index in [-0.39, 0.29) is 11.9 Å². The van der Waals surface area contributed by atoms with Gasteiger partial charge >= 0.3 is 0 Å². The van der Waals surface area contributed by atoms with Gasteiger partial charge in [-0.15, -0.1) is 0 Å². The minimum Gasteiger partial charge on any atom is -0.497 e. The summed E-state index contributed by atoms with van der Waals surface area (Å²) in [5.74, 6) is 1.48. The molecule has 1 unspecified atom stereocenters. The third-order valence-electron chi connectivity index (χ3n) is 3.13. The number of methoxy groups -OCH3 is 1. The minimum absolute atomic E-state index is 0.00731. The van der Waals surface area contributed by atoms with Gasteiger partial charge in [0.1, 0.15) is 11.5 Å². The van der Waals surface area contributed by atoms with E-state index in [1.54, 1.807) is 13.2 Å². The number of fused-ring (bicyclic) bond motifs is 1. The van der Waals surface area contributed by atoms with Gasteiger partial charge < -0.3 is 14.8 Å². The first-order valence-corrected chi connectivity index (χ1v) is 6.48. The molecule has 2 rings (SSSR count). The van der Waals surface area contributed by atoms with Gasteiger partial charge in [0, 0.05) is 11.6 Å². The van der Waals surface area contributed by atoms with E-state index < -0.39 is 0 Å². The van der Waals surface area contributed by atoms with Gasteiger partial charge in [-0.25, -0.2) is 0 Å². The molecular weight excluding hydrogens is 242 g/mol. The molecule has 1 aliphatic rings. The van der Waals surface area contributed by atoms with E-state index in [0.29, 0.717) is 6.61 Å². The van der Waals surface area contributed by atoms with E-state index in [1.807, 2.05) is 25.1 Å². The Labute approximate surface area is 113 Å². The fraction of sp³-hybridized carbons (Fsp3) is 0.400. The average Bonchev–Trinajstić information content (AvgIpc) is 2.61. The van der Waals surface area contributed by atoms with Crippen molar-refractivity contribution < 1.29 is 14.3 Å². The van der Waals surface area contributed by atoms with Gasteiger partial charge in [0.25, 0.3) is 0 Å². The maximum absolute atomic E-state index is 11.7. The van der Waals surface area contributed by atoms with Crippen LogP contribution in [-0.2, 0) is 4.79 Å². The Morgan fingerprint density at radius 3 is 3.11 bits per heavy atom. The molecular formula is C15H19NO3. The highest BCUT2D eigenvalue weighted by Gasteiger charge is 2.21. The van der Waals surface area contributed by atoms with Crippen molar-refractivity contribution >= 4 is 5.91 Å². The molecule has 0 saturated heterocycles. The third kappa shape index (κ3) is 3.28. The van der Waals surface area contributed by atoms with Crippen molar-refractivity contribution in [2.75, 3.05) is 13.7 Å². The van der Waals surface area contributed by atoms with E-state index in [0.717, 1.165) is 29.9 Å². The highest BCUT2D eigenvalue weighted by Crippen LogP contribution is 2.34. The van der Waals surface area contributed by atoms with Crippen molar-refractivity contribution in [1.82, 2.24) is 5.32 Å². The fourth-order valence-corrected chi connectivity index (χ4v) is 2.20. The lowest BCUT2D eigenvalue weighted by Crippen LogP contribution is -2.26. The number of amides is 1. The van der Waals surface area contributed by atoms with Crippen molar-refractivity contribution in [2.45, 2.75) is 25.8 Å². The van der Waals surface area contributed by atoms with Crippen molar-refractivity contribution in [2.24, 2.45) is 0 Å². The Balaban J connectivity index is 2.24. The number of hydrogen-bond acceptors (Lipinski definition) is 3. The molecule has 0 radical (unpaired) electrons. The zero-order valence-corrected chi connectivity index (χ0v) is 11.3. The van der Waals surface area contributed by atoms with Gasteiger partial charge in [-0.1, -0.05) is 6.08 Å². The summed E-state index contributed by atoms with van der Waals surface area (Å²) in [7, 11) is 1.63. The summed E-state index contributed by atoms with van der Waals surface area (Å²) < 4.78 is 10.9. The van der Waals surface area contributed by atoms with Crippen molar-refractivity contribution in [1.29, 1.82) is 0 Å². The summed E-state index contributed by atoms with van der Waals surface area (Å²) in [5, 5.41) is 3.01. The Kier molecular flexibility index (Phi) is 4.44. The second-order valence-electron chi connectivity index (χ2n) is 4.46. The van der Waals surface area contributed by atoms with E-state index in [2.05, 4.69) is 5.32 Å². The molecule has 0 aromatic heterocycles. The van der Waals surface area contributed by atoms with Crippen LogP contribution in [0, 0.1) is 0 Å². The smallest absolute Gasteiger partial charge is 0.244 e. The molecule has 4 nitrogen and oxygen atoms in total. The number of allylic oxidation sites excluding steroid dienone is 1. The summed E-state index contributed by atoms with van der Waals surface area (Å²) in [6.07, 6.45) is 5.06. The number of benzene rings is 1. The van der Waals surface area contributed by atoms with Crippen molar-refractivity contribution in [3.63, 3.8) is 0 Å². The largest absolute Gasteiger partial charge is 0.497 e. The second kappa shape index (κ2) is 6.27. The summed E-state index contributed by atoms with van der Waals surface area (Å²) in [6.45, 7) is 2.49.